The summed E-state index contributed by atoms with van der Waals surface area (Å²) < 4.78 is 0. The topological polar surface area (TPSA) is 75.9 Å². The third kappa shape index (κ3) is 3.83. The monoisotopic (exact) mass is 339 g/mol. The van der Waals surface area contributed by atoms with Crippen LogP contribution in [0, 0.1) is 0 Å². The first-order valence-electron chi connectivity index (χ1n) is 7.99. The van der Waals surface area contributed by atoms with Crippen molar-refractivity contribution in [1.82, 2.24) is 9.97 Å². The van der Waals surface area contributed by atoms with Crippen LogP contribution in [0.2, 0.25) is 0 Å². The summed E-state index contributed by atoms with van der Waals surface area (Å²) in [5.41, 5.74) is 9.02. The number of nitrogens with zero attached hydrogens (tertiary/aromatic N) is 2. The first-order chi connectivity index (χ1) is 11.8. The van der Waals surface area contributed by atoms with Crippen molar-refractivity contribution in [3.63, 3.8) is 0 Å². The molecule has 0 atom stereocenters. The van der Waals surface area contributed by atoms with Gasteiger partial charge in [0.1, 0.15) is 12.0 Å². The van der Waals surface area contributed by atoms with Crippen molar-refractivity contribution in [2.45, 2.75) is 19.8 Å². The number of hydrogen-bond donors (Lipinski definition) is 3. The van der Waals surface area contributed by atoms with E-state index in [1.54, 1.807) is 11.3 Å². The van der Waals surface area contributed by atoms with Crippen LogP contribution in [-0.4, -0.2) is 16.5 Å². The Labute approximate surface area is 146 Å². The second-order valence-corrected chi connectivity index (χ2v) is 6.41. The van der Waals surface area contributed by atoms with E-state index in [9.17, 15) is 0 Å². The zero-order chi connectivity index (χ0) is 16.8. The van der Waals surface area contributed by atoms with Gasteiger partial charge in [0.2, 0.25) is 0 Å². The number of anilines is 4. The second kappa shape index (κ2) is 7.79. The lowest BCUT2D eigenvalue weighted by atomic mass is 10.1. The van der Waals surface area contributed by atoms with E-state index in [1.807, 2.05) is 18.2 Å². The Kier molecular flexibility index (Phi) is 5.28. The van der Waals surface area contributed by atoms with Crippen LogP contribution in [0.25, 0.3) is 0 Å². The summed E-state index contributed by atoms with van der Waals surface area (Å²) in [6.07, 6.45) is 3.42. The summed E-state index contributed by atoms with van der Waals surface area (Å²) in [6, 6.07) is 12.4. The molecular weight excluding hydrogens is 318 g/mol. The SMILES string of the molecule is CCc1ccccc1Nc1ncnc(NCCc2cccs2)c1N. The third-order valence-corrected chi connectivity index (χ3v) is 4.72. The zero-order valence-corrected chi connectivity index (χ0v) is 14.4. The Bertz CT molecular complexity index is 786. The lowest BCUT2D eigenvalue weighted by molar-refractivity contribution is 1.02. The maximum absolute atomic E-state index is 6.23. The van der Waals surface area contributed by atoms with Gasteiger partial charge in [0.05, 0.1) is 0 Å². The molecule has 0 radical (unpaired) electrons. The van der Waals surface area contributed by atoms with Crippen molar-refractivity contribution >= 4 is 34.3 Å². The number of thiophene rings is 1. The zero-order valence-electron chi connectivity index (χ0n) is 13.6. The van der Waals surface area contributed by atoms with Crippen LogP contribution in [0.5, 0.6) is 0 Å². The van der Waals surface area contributed by atoms with E-state index in [4.69, 9.17) is 5.73 Å². The van der Waals surface area contributed by atoms with Gasteiger partial charge in [-0.25, -0.2) is 9.97 Å². The van der Waals surface area contributed by atoms with Gasteiger partial charge in [0.15, 0.2) is 11.6 Å². The highest BCUT2D eigenvalue weighted by molar-refractivity contribution is 7.09. The number of benzene rings is 1. The van der Waals surface area contributed by atoms with Crippen LogP contribution in [-0.2, 0) is 12.8 Å². The molecule has 124 valence electrons. The fraction of sp³-hybridized carbons (Fsp3) is 0.222. The summed E-state index contributed by atoms with van der Waals surface area (Å²) >= 11 is 1.75. The van der Waals surface area contributed by atoms with Crippen molar-refractivity contribution < 1.29 is 0 Å². The minimum absolute atomic E-state index is 0.537. The minimum Gasteiger partial charge on any atom is -0.393 e. The number of nitrogens with one attached hydrogen (secondary N) is 2. The number of para-hydroxylation sites is 1. The Hall–Kier alpha value is -2.60. The standard InChI is InChI=1S/C18H21N5S/c1-2-13-6-3-4-8-15(13)23-18-16(19)17(21-12-22-18)20-10-9-14-7-5-11-24-14/h3-8,11-12H,2,9-10,19H2,1H3,(H2,20,21,22,23). The molecule has 0 aliphatic heterocycles. The van der Waals surface area contributed by atoms with E-state index in [-0.39, 0.29) is 0 Å². The van der Waals surface area contributed by atoms with E-state index in [0.29, 0.717) is 17.3 Å². The van der Waals surface area contributed by atoms with E-state index < -0.39 is 0 Å². The third-order valence-electron chi connectivity index (χ3n) is 3.78. The van der Waals surface area contributed by atoms with Crippen molar-refractivity contribution in [3.05, 3.63) is 58.5 Å². The lowest BCUT2D eigenvalue weighted by Gasteiger charge is -2.14. The number of aromatic nitrogens is 2. The van der Waals surface area contributed by atoms with Gasteiger partial charge in [0, 0.05) is 17.1 Å². The molecule has 6 heteroatoms. The maximum atomic E-state index is 6.23. The van der Waals surface area contributed by atoms with Gasteiger partial charge in [0.25, 0.3) is 0 Å². The molecular formula is C18H21N5S. The lowest BCUT2D eigenvalue weighted by Crippen LogP contribution is -2.10. The molecule has 0 aliphatic rings. The molecule has 4 N–H and O–H groups in total. The quantitative estimate of drug-likeness (QED) is 0.605. The molecule has 0 saturated carbocycles. The molecule has 0 saturated heterocycles. The fourth-order valence-corrected chi connectivity index (χ4v) is 3.18. The molecule has 3 rings (SSSR count). The first-order valence-corrected chi connectivity index (χ1v) is 8.87. The van der Waals surface area contributed by atoms with Crippen LogP contribution in [0.1, 0.15) is 17.4 Å². The van der Waals surface area contributed by atoms with Crippen LogP contribution in [0.15, 0.2) is 48.1 Å². The van der Waals surface area contributed by atoms with E-state index in [1.165, 1.54) is 16.8 Å². The van der Waals surface area contributed by atoms with Gasteiger partial charge < -0.3 is 16.4 Å². The first kappa shape index (κ1) is 16.3. The summed E-state index contributed by atoms with van der Waals surface area (Å²) in [5.74, 6) is 1.29. The van der Waals surface area contributed by atoms with Crippen molar-refractivity contribution in [2.75, 3.05) is 22.9 Å². The van der Waals surface area contributed by atoms with E-state index >= 15 is 0 Å². The highest BCUT2D eigenvalue weighted by atomic mass is 32.1. The molecule has 0 spiro atoms. The number of hydrogen-bond acceptors (Lipinski definition) is 6. The van der Waals surface area contributed by atoms with E-state index in [2.05, 4.69) is 51.1 Å². The summed E-state index contributed by atoms with van der Waals surface area (Å²) in [7, 11) is 0. The maximum Gasteiger partial charge on any atom is 0.159 e. The van der Waals surface area contributed by atoms with Gasteiger partial charge in [-0.2, -0.15) is 0 Å². The van der Waals surface area contributed by atoms with E-state index in [0.717, 1.165) is 25.1 Å². The predicted molar refractivity (Wildman–Crippen MR) is 102 cm³/mol. The summed E-state index contributed by atoms with van der Waals surface area (Å²) in [6.45, 7) is 2.91. The smallest absolute Gasteiger partial charge is 0.159 e. The highest BCUT2D eigenvalue weighted by Crippen LogP contribution is 2.27. The van der Waals surface area contributed by atoms with Crippen molar-refractivity contribution in [2.24, 2.45) is 0 Å². The largest absolute Gasteiger partial charge is 0.393 e. The second-order valence-electron chi connectivity index (χ2n) is 5.38. The molecule has 0 unspecified atom stereocenters. The average Bonchev–Trinajstić information content (AvgIpc) is 3.12. The van der Waals surface area contributed by atoms with Crippen LogP contribution in [0.3, 0.4) is 0 Å². The molecule has 0 fully saturated rings. The number of aryl methyl sites for hydroxylation is 1. The van der Waals surface area contributed by atoms with Gasteiger partial charge in [-0.05, 0) is 35.9 Å². The van der Waals surface area contributed by atoms with Gasteiger partial charge in [-0.1, -0.05) is 31.2 Å². The van der Waals surface area contributed by atoms with Gasteiger partial charge in [-0.15, -0.1) is 11.3 Å². The van der Waals surface area contributed by atoms with Gasteiger partial charge in [-0.3, -0.25) is 0 Å². The van der Waals surface area contributed by atoms with Crippen LogP contribution >= 0.6 is 11.3 Å². The molecule has 2 aromatic heterocycles. The molecule has 0 bridgehead atoms. The number of rotatable bonds is 7. The Morgan fingerprint density at radius 1 is 1.08 bits per heavy atom. The Morgan fingerprint density at radius 3 is 2.71 bits per heavy atom. The Morgan fingerprint density at radius 2 is 1.92 bits per heavy atom. The minimum atomic E-state index is 0.537. The molecule has 2 heterocycles. The fourth-order valence-electron chi connectivity index (χ4n) is 2.47. The highest BCUT2D eigenvalue weighted by Gasteiger charge is 2.09. The van der Waals surface area contributed by atoms with Gasteiger partial charge >= 0.3 is 0 Å². The van der Waals surface area contributed by atoms with Crippen LogP contribution in [0.4, 0.5) is 23.0 Å². The summed E-state index contributed by atoms with van der Waals surface area (Å²) in [4.78, 5) is 9.88. The normalized spacial score (nSPS) is 10.5. The molecule has 0 amide bonds. The van der Waals surface area contributed by atoms with Crippen LogP contribution < -0.4 is 16.4 Å². The number of nitrogen functional groups attached to an aromatic ring is 1. The summed E-state index contributed by atoms with van der Waals surface area (Å²) in [5, 5.41) is 8.70. The average molecular weight is 339 g/mol. The van der Waals surface area contributed by atoms with Crippen molar-refractivity contribution in [1.29, 1.82) is 0 Å². The Balaban J connectivity index is 1.70. The molecule has 3 aromatic rings. The molecule has 24 heavy (non-hydrogen) atoms. The van der Waals surface area contributed by atoms with Crippen molar-refractivity contribution in [3.8, 4) is 0 Å². The predicted octanol–water partition coefficient (Wildman–Crippen LogP) is 4.08. The number of nitrogens with two attached hydrogens (primary N) is 1. The molecule has 0 aliphatic carbocycles. The molecule has 1 aromatic carbocycles. The molecule has 5 nitrogen and oxygen atoms in total.